The summed E-state index contributed by atoms with van der Waals surface area (Å²) in [4.78, 5) is 10.6. The molecule has 0 amide bonds. The van der Waals surface area contributed by atoms with Crippen LogP contribution >= 0.6 is 15.8 Å². The molecule has 0 aromatic carbocycles. The molecule has 0 aliphatic heterocycles. The predicted molar refractivity (Wildman–Crippen MR) is 54.8 cm³/mol. The molecule has 0 saturated carbocycles. The molecule has 0 aromatic heterocycles. The molecular formula is C7H10N2O4P2. The molecule has 1 atom stereocenters. The first kappa shape index (κ1) is 14.4. The molecule has 0 heterocycles. The van der Waals surface area contributed by atoms with Gasteiger partial charge in [-0.1, -0.05) is 0 Å². The van der Waals surface area contributed by atoms with Crippen LogP contribution in [0.1, 0.15) is 12.8 Å². The summed E-state index contributed by atoms with van der Waals surface area (Å²) in [5.74, 6) is 3.48. The van der Waals surface area contributed by atoms with Crippen molar-refractivity contribution in [2.75, 3.05) is 6.54 Å². The third-order valence-corrected chi connectivity index (χ3v) is 1.97. The Morgan fingerprint density at radius 2 is 2.00 bits per heavy atom. The Morgan fingerprint density at radius 1 is 1.33 bits per heavy atom. The van der Waals surface area contributed by atoms with Crippen LogP contribution in [0.3, 0.4) is 0 Å². The van der Waals surface area contributed by atoms with E-state index in [9.17, 15) is 13.9 Å². The van der Waals surface area contributed by atoms with Gasteiger partial charge in [-0.05, 0) is 0 Å². The second-order valence-corrected chi connectivity index (χ2v) is 3.32. The third kappa shape index (κ3) is 8.41. The van der Waals surface area contributed by atoms with Crippen LogP contribution in [0.2, 0.25) is 0 Å². The number of hydrogen-bond donors (Lipinski definition) is 3. The van der Waals surface area contributed by atoms with Gasteiger partial charge in [0.15, 0.2) is 0 Å². The average Bonchev–Trinajstić information content (AvgIpc) is 2.21. The second-order valence-electron chi connectivity index (χ2n) is 2.51. The zero-order valence-electron chi connectivity index (χ0n) is 7.77. The van der Waals surface area contributed by atoms with Crippen molar-refractivity contribution in [3.63, 3.8) is 0 Å². The first-order valence-electron chi connectivity index (χ1n) is 4.08. The van der Waals surface area contributed by atoms with Crippen molar-refractivity contribution in [1.82, 2.24) is 10.6 Å². The van der Waals surface area contributed by atoms with Gasteiger partial charge in [0.2, 0.25) is 0 Å². The van der Waals surface area contributed by atoms with E-state index in [0.29, 0.717) is 19.4 Å². The molecule has 0 saturated heterocycles. The number of nitrogens with one attached hydrogen (secondary N) is 2. The Morgan fingerprint density at radius 3 is 2.53 bits per heavy atom. The fourth-order valence-electron chi connectivity index (χ4n) is 0.844. The van der Waals surface area contributed by atoms with Crippen LogP contribution in [-0.2, 0) is 13.9 Å². The Balaban J connectivity index is 3.87. The van der Waals surface area contributed by atoms with Gasteiger partial charge < -0.3 is 0 Å². The van der Waals surface area contributed by atoms with Crippen LogP contribution in [0.15, 0.2) is 0 Å². The molecule has 0 fully saturated rings. The SMILES string of the molecule is O=P#CNCCC[C@H](NC#P=O)C(=O)O. The minimum absolute atomic E-state index is 0.228. The summed E-state index contributed by atoms with van der Waals surface area (Å²) in [7, 11) is -0.601. The molecule has 0 aromatic rings. The molecule has 3 N–H and O–H groups in total. The van der Waals surface area contributed by atoms with Crippen LogP contribution in [-0.4, -0.2) is 23.7 Å². The average molecular weight is 248 g/mol. The summed E-state index contributed by atoms with van der Waals surface area (Å²) < 4.78 is 19.9. The topological polar surface area (TPSA) is 95.5 Å². The van der Waals surface area contributed by atoms with E-state index in [0.717, 1.165) is 0 Å². The molecule has 8 heteroatoms. The van der Waals surface area contributed by atoms with Crippen molar-refractivity contribution in [3.8, 4) is 11.5 Å². The van der Waals surface area contributed by atoms with Crippen molar-refractivity contribution in [2.45, 2.75) is 18.9 Å². The van der Waals surface area contributed by atoms with Gasteiger partial charge in [0, 0.05) is 0 Å². The fourth-order valence-corrected chi connectivity index (χ4v) is 1.23. The molecule has 6 nitrogen and oxygen atoms in total. The summed E-state index contributed by atoms with van der Waals surface area (Å²) in [6.07, 6.45) is 0.909. The minimum atomic E-state index is -1.03. The maximum atomic E-state index is 10.6. The van der Waals surface area contributed by atoms with Crippen LogP contribution in [0, 0.1) is 11.5 Å². The first-order valence-corrected chi connectivity index (χ1v) is 5.70. The maximum absolute atomic E-state index is 10.6. The van der Waals surface area contributed by atoms with Crippen molar-refractivity contribution in [3.05, 3.63) is 0 Å². The van der Waals surface area contributed by atoms with E-state index >= 15 is 0 Å². The first-order chi connectivity index (χ1) is 7.22. The zero-order chi connectivity index (χ0) is 11.5. The molecule has 0 unspecified atom stereocenters. The van der Waals surface area contributed by atoms with E-state index in [1.807, 2.05) is 0 Å². The van der Waals surface area contributed by atoms with Crippen LogP contribution in [0.25, 0.3) is 0 Å². The predicted octanol–water partition coefficient (Wildman–Crippen LogP) is 0.816. The number of carbonyl (C=O) groups is 1. The monoisotopic (exact) mass is 248 g/mol. The van der Waals surface area contributed by atoms with Crippen LogP contribution < -0.4 is 10.6 Å². The van der Waals surface area contributed by atoms with Gasteiger partial charge in [-0.2, -0.15) is 0 Å². The normalized spacial score (nSPS) is 10.9. The molecule has 15 heavy (non-hydrogen) atoms. The van der Waals surface area contributed by atoms with Crippen molar-refractivity contribution in [1.29, 1.82) is 0 Å². The van der Waals surface area contributed by atoms with E-state index in [-0.39, 0.29) is 15.8 Å². The third-order valence-electron chi connectivity index (χ3n) is 1.50. The summed E-state index contributed by atoms with van der Waals surface area (Å²) in [5, 5.41) is 13.7. The molecule has 0 aliphatic carbocycles. The van der Waals surface area contributed by atoms with Crippen molar-refractivity contribution < 1.29 is 19.0 Å². The Bertz CT molecular complexity index is 399. The van der Waals surface area contributed by atoms with Gasteiger partial charge in [0.1, 0.15) is 0 Å². The standard InChI is InChI=1S/C7H10N2O4P2/c10-7(11)6(9-5-15-13)2-1-3-8-4-14-12/h6,8-9H,1-3H2,(H,10,11)/t6-/m0/s1. The van der Waals surface area contributed by atoms with Crippen molar-refractivity contribution in [2.24, 2.45) is 0 Å². The zero-order valence-corrected chi connectivity index (χ0v) is 9.55. The number of carboxylic acid groups (broad SMARTS) is 1. The fraction of sp³-hybridized carbons (Fsp3) is 0.571. The van der Waals surface area contributed by atoms with E-state index in [4.69, 9.17) is 5.11 Å². The van der Waals surface area contributed by atoms with Gasteiger partial charge in [-0.25, -0.2) is 0 Å². The Kier molecular flexibility index (Phi) is 9.55. The van der Waals surface area contributed by atoms with E-state index in [1.54, 1.807) is 0 Å². The van der Waals surface area contributed by atoms with Crippen molar-refractivity contribution >= 4 is 21.8 Å². The summed E-state index contributed by atoms with van der Waals surface area (Å²) in [5.41, 5.74) is 0. The van der Waals surface area contributed by atoms with Gasteiger partial charge in [0.05, 0.1) is 0 Å². The second kappa shape index (κ2) is 9.95. The number of rotatable bonds is 6. The summed E-state index contributed by atoms with van der Waals surface area (Å²) >= 11 is 0. The van der Waals surface area contributed by atoms with E-state index in [1.165, 1.54) is 0 Å². The van der Waals surface area contributed by atoms with Gasteiger partial charge >= 0.3 is 88.4 Å². The van der Waals surface area contributed by atoms with Gasteiger partial charge in [0.25, 0.3) is 0 Å². The molecular weight excluding hydrogens is 238 g/mol. The quantitative estimate of drug-likeness (QED) is 0.366. The number of hydrogen-bond acceptors (Lipinski definition) is 5. The van der Waals surface area contributed by atoms with E-state index in [2.05, 4.69) is 22.1 Å². The molecule has 0 radical (unpaired) electrons. The molecule has 0 bridgehead atoms. The summed E-state index contributed by atoms with van der Waals surface area (Å²) in [6, 6.07) is -0.807. The number of carboxylic acids is 1. The summed E-state index contributed by atoms with van der Waals surface area (Å²) in [6.45, 7) is 0.482. The molecule has 0 rings (SSSR count). The molecule has 82 valence electrons. The van der Waals surface area contributed by atoms with Gasteiger partial charge in [-0.15, -0.1) is 0 Å². The number of aliphatic carboxylic acids is 1. The van der Waals surface area contributed by atoms with E-state index < -0.39 is 12.0 Å². The molecule has 0 aliphatic rings. The van der Waals surface area contributed by atoms with Crippen LogP contribution in [0.4, 0.5) is 0 Å². The Hall–Kier alpha value is -0.590. The van der Waals surface area contributed by atoms with Crippen LogP contribution in [0.5, 0.6) is 0 Å². The Labute approximate surface area is 89.1 Å². The molecule has 0 spiro atoms. The van der Waals surface area contributed by atoms with Gasteiger partial charge in [-0.3, -0.25) is 0 Å².